The lowest BCUT2D eigenvalue weighted by Gasteiger charge is -2.43. The third kappa shape index (κ3) is 5.21. The molecule has 4 nitrogen and oxygen atoms in total. The van der Waals surface area contributed by atoms with E-state index in [4.69, 9.17) is 4.74 Å². The summed E-state index contributed by atoms with van der Waals surface area (Å²) >= 11 is 1.86. The molecule has 0 saturated heterocycles. The van der Waals surface area contributed by atoms with E-state index in [0.29, 0.717) is 6.04 Å². The van der Waals surface area contributed by atoms with Crippen molar-refractivity contribution in [3.63, 3.8) is 0 Å². The minimum absolute atomic E-state index is 0.151. The highest BCUT2D eigenvalue weighted by atomic mass is 32.1. The molecule has 1 aliphatic rings. The van der Waals surface area contributed by atoms with Crippen molar-refractivity contribution in [2.24, 2.45) is 0 Å². The fourth-order valence-corrected chi connectivity index (χ4v) is 3.72. The highest BCUT2D eigenvalue weighted by Gasteiger charge is 2.39. The Morgan fingerprint density at radius 3 is 2.57 bits per heavy atom. The normalized spacial score (nSPS) is 18.1. The minimum atomic E-state index is -0.455. The topological polar surface area (TPSA) is 50.4 Å². The van der Waals surface area contributed by atoms with Gasteiger partial charge in [-0.1, -0.05) is 6.92 Å². The number of nitrogens with one attached hydrogen (secondary N) is 2. The molecule has 0 bridgehead atoms. The van der Waals surface area contributed by atoms with Gasteiger partial charge in [0.2, 0.25) is 0 Å². The molecule has 1 amide bonds. The zero-order chi connectivity index (χ0) is 17.1. The molecular formula is C18H30N2O2S. The molecular weight excluding hydrogens is 308 g/mol. The largest absolute Gasteiger partial charge is 0.444 e. The van der Waals surface area contributed by atoms with Crippen LogP contribution in [0.25, 0.3) is 0 Å². The molecule has 2 rings (SSSR count). The second kappa shape index (κ2) is 7.22. The zero-order valence-corrected chi connectivity index (χ0v) is 15.8. The molecule has 1 heterocycles. The first kappa shape index (κ1) is 18.3. The second-order valence-electron chi connectivity index (χ2n) is 7.52. The van der Waals surface area contributed by atoms with Crippen LogP contribution >= 0.6 is 11.3 Å². The lowest BCUT2D eigenvalue weighted by Crippen LogP contribution is -2.60. The Morgan fingerprint density at radius 1 is 1.39 bits per heavy atom. The van der Waals surface area contributed by atoms with Crippen molar-refractivity contribution < 1.29 is 9.53 Å². The van der Waals surface area contributed by atoms with Crippen LogP contribution in [-0.2, 0) is 11.2 Å². The number of carbonyl (C=O) groups is 1. The fraction of sp³-hybridized carbons (Fsp3) is 0.722. The van der Waals surface area contributed by atoms with Crippen molar-refractivity contribution in [2.45, 2.75) is 77.5 Å². The van der Waals surface area contributed by atoms with Gasteiger partial charge in [-0.15, -0.1) is 11.3 Å². The summed E-state index contributed by atoms with van der Waals surface area (Å²) in [5.74, 6) is 0. The highest BCUT2D eigenvalue weighted by molar-refractivity contribution is 7.12. The van der Waals surface area contributed by atoms with Crippen LogP contribution in [-0.4, -0.2) is 23.8 Å². The molecule has 0 aliphatic heterocycles. The summed E-state index contributed by atoms with van der Waals surface area (Å²) in [5.41, 5.74) is -0.606. The molecule has 5 heteroatoms. The molecule has 0 aromatic carbocycles. The monoisotopic (exact) mass is 338 g/mol. The number of hydrogen-bond acceptors (Lipinski definition) is 4. The first-order chi connectivity index (χ1) is 10.7. The number of aryl methyl sites for hydroxylation is 1. The Bertz CT molecular complexity index is 529. The van der Waals surface area contributed by atoms with E-state index in [2.05, 4.69) is 36.6 Å². The molecule has 1 saturated carbocycles. The van der Waals surface area contributed by atoms with Gasteiger partial charge >= 0.3 is 6.09 Å². The molecule has 0 radical (unpaired) electrons. The fourth-order valence-electron chi connectivity index (χ4n) is 2.74. The number of carbonyl (C=O) groups excluding carboxylic acids is 1. The van der Waals surface area contributed by atoms with E-state index < -0.39 is 5.60 Å². The average molecular weight is 339 g/mol. The minimum Gasteiger partial charge on any atom is -0.444 e. The van der Waals surface area contributed by atoms with Gasteiger partial charge in [0.05, 0.1) is 5.54 Å². The maximum absolute atomic E-state index is 12.1. The molecule has 1 atom stereocenters. The van der Waals surface area contributed by atoms with Crippen molar-refractivity contribution in [3.8, 4) is 0 Å². The molecule has 23 heavy (non-hydrogen) atoms. The Kier molecular flexibility index (Phi) is 5.74. The molecule has 0 spiro atoms. The summed E-state index contributed by atoms with van der Waals surface area (Å²) in [6.07, 6.45) is 3.95. The van der Waals surface area contributed by atoms with E-state index in [-0.39, 0.29) is 11.6 Å². The number of hydrogen-bond donors (Lipinski definition) is 2. The van der Waals surface area contributed by atoms with E-state index >= 15 is 0 Å². The standard InChI is InChI=1S/C18H30N2O2S/c1-6-14-8-9-15(23-14)13(2)19-12-18(10-7-11-18)20-16(21)22-17(3,4)5/h8-9,13,19H,6-7,10-12H2,1-5H3,(H,20,21). The van der Waals surface area contributed by atoms with E-state index in [9.17, 15) is 4.79 Å². The van der Waals surface area contributed by atoms with Gasteiger partial charge in [0, 0.05) is 22.3 Å². The van der Waals surface area contributed by atoms with Crippen LogP contribution in [0.1, 0.15) is 69.7 Å². The maximum Gasteiger partial charge on any atom is 0.408 e. The van der Waals surface area contributed by atoms with E-state index in [1.807, 2.05) is 32.1 Å². The number of alkyl carbamates (subject to hydrolysis) is 1. The molecule has 1 aromatic rings. The molecule has 130 valence electrons. The smallest absolute Gasteiger partial charge is 0.408 e. The van der Waals surface area contributed by atoms with Crippen LogP contribution < -0.4 is 10.6 Å². The van der Waals surface area contributed by atoms with Crippen molar-refractivity contribution in [2.75, 3.05) is 6.54 Å². The molecule has 1 aromatic heterocycles. The van der Waals surface area contributed by atoms with Gasteiger partial charge in [-0.25, -0.2) is 4.79 Å². The van der Waals surface area contributed by atoms with E-state index in [1.54, 1.807) is 0 Å². The molecule has 1 fully saturated rings. The van der Waals surface area contributed by atoms with Crippen molar-refractivity contribution in [1.29, 1.82) is 0 Å². The SMILES string of the molecule is CCc1ccc(C(C)NCC2(NC(=O)OC(C)(C)C)CCC2)s1. The Hall–Kier alpha value is -1.07. The lowest BCUT2D eigenvalue weighted by atomic mass is 9.76. The quantitative estimate of drug-likeness (QED) is 0.808. The number of thiophene rings is 1. The van der Waals surface area contributed by atoms with Crippen LogP contribution in [0.5, 0.6) is 0 Å². The average Bonchev–Trinajstić information content (AvgIpc) is 2.88. The maximum atomic E-state index is 12.1. The predicted octanol–water partition coefficient (Wildman–Crippen LogP) is 4.41. The van der Waals surface area contributed by atoms with Crippen LogP contribution in [0.4, 0.5) is 4.79 Å². The third-order valence-electron chi connectivity index (χ3n) is 4.28. The van der Waals surface area contributed by atoms with Gasteiger partial charge < -0.3 is 15.4 Å². The summed E-state index contributed by atoms with van der Waals surface area (Å²) in [6.45, 7) is 10.8. The van der Waals surface area contributed by atoms with E-state index in [0.717, 1.165) is 32.2 Å². The summed E-state index contributed by atoms with van der Waals surface area (Å²) in [7, 11) is 0. The number of amides is 1. The zero-order valence-electron chi connectivity index (χ0n) is 15.0. The van der Waals surface area contributed by atoms with Crippen LogP contribution in [0.3, 0.4) is 0 Å². The van der Waals surface area contributed by atoms with Gasteiger partial charge in [-0.2, -0.15) is 0 Å². The Balaban J connectivity index is 1.87. The molecule has 2 N–H and O–H groups in total. The van der Waals surface area contributed by atoms with Crippen molar-refractivity contribution in [3.05, 3.63) is 21.9 Å². The summed E-state index contributed by atoms with van der Waals surface area (Å²) in [4.78, 5) is 14.8. The van der Waals surface area contributed by atoms with Crippen molar-refractivity contribution >= 4 is 17.4 Å². The van der Waals surface area contributed by atoms with Gasteiger partial charge in [0.15, 0.2) is 0 Å². The third-order valence-corrected chi connectivity index (χ3v) is 5.69. The van der Waals surface area contributed by atoms with Gasteiger partial charge in [0.25, 0.3) is 0 Å². The Labute approximate surface area is 144 Å². The van der Waals surface area contributed by atoms with Crippen LogP contribution in [0, 0.1) is 0 Å². The Morgan fingerprint density at radius 2 is 2.09 bits per heavy atom. The van der Waals surface area contributed by atoms with E-state index in [1.165, 1.54) is 9.75 Å². The van der Waals surface area contributed by atoms with Crippen molar-refractivity contribution in [1.82, 2.24) is 10.6 Å². The number of ether oxygens (including phenoxy) is 1. The van der Waals surface area contributed by atoms with Crippen LogP contribution in [0.15, 0.2) is 12.1 Å². The summed E-state index contributed by atoms with van der Waals surface area (Å²) in [6, 6.07) is 4.71. The van der Waals surface area contributed by atoms with Gasteiger partial charge in [-0.3, -0.25) is 0 Å². The van der Waals surface area contributed by atoms with Gasteiger partial charge in [0.1, 0.15) is 5.60 Å². The summed E-state index contributed by atoms with van der Waals surface area (Å²) < 4.78 is 5.40. The number of rotatable bonds is 6. The van der Waals surface area contributed by atoms with Crippen LogP contribution in [0.2, 0.25) is 0 Å². The first-order valence-electron chi connectivity index (χ1n) is 8.56. The highest BCUT2D eigenvalue weighted by Crippen LogP contribution is 2.33. The second-order valence-corrected chi connectivity index (χ2v) is 8.72. The molecule has 1 aliphatic carbocycles. The first-order valence-corrected chi connectivity index (χ1v) is 9.38. The summed E-state index contributed by atoms with van der Waals surface area (Å²) in [5, 5.41) is 6.68. The molecule has 1 unspecified atom stereocenters. The van der Waals surface area contributed by atoms with Gasteiger partial charge in [-0.05, 0) is 65.5 Å². The lowest BCUT2D eigenvalue weighted by molar-refractivity contribution is 0.0379. The predicted molar refractivity (Wildman–Crippen MR) is 96.1 cm³/mol.